The van der Waals surface area contributed by atoms with Crippen LogP contribution in [0.1, 0.15) is 44.6 Å². The van der Waals surface area contributed by atoms with Crippen molar-refractivity contribution in [2.75, 3.05) is 0 Å². The highest BCUT2D eigenvalue weighted by atomic mass is 79.9. The second-order valence-electron chi connectivity index (χ2n) is 5.79. The molecule has 0 aliphatic heterocycles. The molecule has 1 aromatic rings. The van der Waals surface area contributed by atoms with Gasteiger partial charge in [-0.15, -0.1) is 0 Å². The van der Waals surface area contributed by atoms with E-state index < -0.39 is 10.2 Å². The van der Waals surface area contributed by atoms with Crippen LogP contribution in [0.25, 0.3) is 0 Å². The van der Waals surface area contributed by atoms with E-state index in [2.05, 4.69) is 37.5 Å². The molecular formula is C15H23BrN2O2S. The zero-order chi connectivity index (χ0) is 15.3. The molecule has 0 amide bonds. The summed E-state index contributed by atoms with van der Waals surface area (Å²) in [5.41, 5.74) is 1.22. The zero-order valence-electron chi connectivity index (χ0n) is 12.3. The summed E-state index contributed by atoms with van der Waals surface area (Å²) in [7, 11) is -3.38. The van der Waals surface area contributed by atoms with E-state index >= 15 is 0 Å². The van der Waals surface area contributed by atoms with Gasteiger partial charge in [0.05, 0.1) is 0 Å². The number of hydrogen-bond acceptors (Lipinski definition) is 2. The van der Waals surface area contributed by atoms with Gasteiger partial charge in [0.25, 0.3) is 10.2 Å². The summed E-state index contributed by atoms with van der Waals surface area (Å²) in [6.45, 7) is 1.91. The molecule has 1 unspecified atom stereocenters. The van der Waals surface area contributed by atoms with Gasteiger partial charge in [-0.05, 0) is 50.3 Å². The summed E-state index contributed by atoms with van der Waals surface area (Å²) in [5, 5.41) is 0. The molecule has 118 valence electrons. The summed E-state index contributed by atoms with van der Waals surface area (Å²) < 4.78 is 30.6. The standard InChI is InChI=1S/C15H23BrN2O2S/c1-12(6-7-13-8-10-14(16)11-9-13)17-21(19,20)18-15-4-2-3-5-15/h8-12,15,17-18H,2-7H2,1H3. The van der Waals surface area contributed by atoms with E-state index in [1.807, 2.05) is 19.1 Å². The second kappa shape index (κ2) is 7.72. The van der Waals surface area contributed by atoms with Crippen LogP contribution in [-0.2, 0) is 16.6 Å². The van der Waals surface area contributed by atoms with Gasteiger partial charge in [-0.3, -0.25) is 0 Å². The second-order valence-corrected chi connectivity index (χ2v) is 8.18. The van der Waals surface area contributed by atoms with Crippen LogP contribution in [0.4, 0.5) is 0 Å². The summed E-state index contributed by atoms with van der Waals surface area (Å²) in [4.78, 5) is 0. The fraction of sp³-hybridized carbons (Fsp3) is 0.600. The highest BCUT2D eigenvalue weighted by Gasteiger charge is 2.22. The van der Waals surface area contributed by atoms with Crippen molar-refractivity contribution in [2.45, 2.75) is 57.5 Å². The van der Waals surface area contributed by atoms with Crippen molar-refractivity contribution < 1.29 is 8.42 Å². The highest BCUT2D eigenvalue weighted by Crippen LogP contribution is 2.18. The van der Waals surface area contributed by atoms with Gasteiger partial charge < -0.3 is 0 Å². The van der Waals surface area contributed by atoms with Crippen molar-refractivity contribution in [1.29, 1.82) is 0 Å². The summed E-state index contributed by atoms with van der Waals surface area (Å²) in [5.74, 6) is 0. The molecule has 0 radical (unpaired) electrons. The Morgan fingerprint density at radius 3 is 2.48 bits per heavy atom. The molecule has 1 aliphatic carbocycles. The first-order chi connectivity index (χ1) is 9.94. The van der Waals surface area contributed by atoms with Crippen LogP contribution < -0.4 is 9.44 Å². The van der Waals surface area contributed by atoms with E-state index in [1.165, 1.54) is 5.56 Å². The predicted octanol–water partition coefficient (Wildman–Crippen LogP) is 3.14. The summed E-state index contributed by atoms with van der Waals surface area (Å²) >= 11 is 3.41. The Balaban J connectivity index is 1.77. The minimum absolute atomic E-state index is 0.0763. The third-order valence-electron chi connectivity index (χ3n) is 3.81. The minimum atomic E-state index is -3.38. The zero-order valence-corrected chi connectivity index (χ0v) is 14.7. The first-order valence-corrected chi connectivity index (χ1v) is 9.76. The van der Waals surface area contributed by atoms with Crippen molar-refractivity contribution in [1.82, 2.24) is 9.44 Å². The maximum atomic E-state index is 12.0. The van der Waals surface area contributed by atoms with E-state index in [1.54, 1.807) is 0 Å². The van der Waals surface area contributed by atoms with Crippen LogP contribution in [0.3, 0.4) is 0 Å². The van der Waals surface area contributed by atoms with Gasteiger partial charge in [0, 0.05) is 16.6 Å². The Hall–Kier alpha value is -0.430. The monoisotopic (exact) mass is 374 g/mol. The molecule has 0 saturated heterocycles. The Bertz CT molecular complexity index is 539. The predicted molar refractivity (Wildman–Crippen MR) is 89.4 cm³/mol. The normalized spacial score (nSPS) is 18.0. The number of rotatable bonds is 7. The topological polar surface area (TPSA) is 58.2 Å². The molecular weight excluding hydrogens is 352 g/mol. The largest absolute Gasteiger partial charge is 0.277 e. The van der Waals surface area contributed by atoms with Gasteiger partial charge in [-0.1, -0.05) is 40.9 Å². The first-order valence-electron chi connectivity index (χ1n) is 7.48. The molecule has 2 rings (SSSR count). The molecule has 2 N–H and O–H groups in total. The lowest BCUT2D eigenvalue weighted by atomic mass is 10.1. The Morgan fingerprint density at radius 2 is 1.86 bits per heavy atom. The van der Waals surface area contributed by atoms with E-state index in [-0.39, 0.29) is 12.1 Å². The third-order valence-corrected chi connectivity index (χ3v) is 5.70. The van der Waals surface area contributed by atoms with E-state index in [0.29, 0.717) is 0 Å². The van der Waals surface area contributed by atoms with Crippen molar-refractivity contribution in [3.05, 3.63) is 34.3 Å². The van der Waals surface area contributed by atoms with Gasteiger partial charge >= 0.3 is 0 Å². The van der Waals surface area contributed by atoms with E-state index in [9.17, 15) is 8.42 Å². The van der Waals surface area contributed by atoms with Gasteiger partial charge in [0.1, 0.15) is 0 Å². The Kier molecular flexibility index (Phi) is 6.22. The molecule has 1 atom stereocenters. The molecule has 1 fully saturated rings. The molecule has 1 aliphatic rings. The molecule has 0 bridgehead atoms. The maximum absolute atomic E-state index is 12.0. The fourth-order valence-electron chi connectivity index (χ4n) is 2.66. The first kappa shape index (κ1) is 16.9. The molecule has 6 heteroatoms. The Labute approximate surface area is 136 Å². The number of benzene rings is 1. The van der Waals surface area contributed by atoms with Gasteiger partial charge in [-0.25, -0.2) is 0 Å². The average molecular weight is 375 g/mol. The van der Waals surface area contributed by atoms with Crippen molar-refractivity contribution in [2.24, 2.45) is 0 Å². The van der Waals surface area contributed by atoms with Gasteiger partial charge in [-0.2, -0.15) is 17.9 Å². The fourth-order valence-corrected chi connectivity index (χ4v) is 4.31. The van der Waals surface area contributed by atoms with E-state index in [4.69, 9.17) is 0 Å². The number of halogens is 1. The van der Waals surface area contributed by atoms with Crippen LogP contribution in [0, 0.1) is 0 Å². The van der Waals surface area contributed by atoms with Crippen molar-refractivity contribution in [3.63, 3.8) is 0 Å². The van der Waals surface area contributed by atoms with Crippen LogP contribution in [0.5, 0.6) is 0 Å². The van der Waals surface area contributed by atoms with Crippen LogP contribution in [0.2, 0.25) is 0 Å². The lowest BCUT2D eigenvalue weighted by Gasteiger charge is -2.17. The van der Waals surface area contributed by atoms with Crippen molar-refractivity contribution >= 4 is 26.1 Å². The molecule has 0 aromatic heterocycles. The van der Waals surface area contributed by atoms with Crippen LogP contribution in [0.15, 0.2) is 28.7 Å². The summed E-state index contributed by atoms with van der Waals surface area (Å²) in [6, 6.07) is 8.16. The molecule has 1 aromatic carbocycles. The average Bonchev–Trinajstić information content (AvgIpc) is 2.89. The van der Waals surface area contributed by atoms with E-state index in [0.717, 1.165) is 43.0 Å². The van der Waals surface area contributed by atoms with Crippen LogP contribution >= 0.6 is 15.9 Å². The SMILES string of the molecule is CC(CCc1ccc(Br)cc1)NS(=O)(=O)NC1CCCC1. The lowest BCUT2D eigenvalue weighted by molar-refractivity contribution is 0.515. The number of nitrogens with one attached hydrogen (secondary N) is 2. The quantitative estimate of drug-likeness (QED) is 0.769. The molecule has 4 nitrogen and oxygen atoms in total. The Morgan fingerprint density at radius 1 is 1.24 bits per heavy atom. The third kappa shape index (κ3) is 6.06. The number of aryl methyl sites for hydroxylation is 1. The highest BCUT2D eigenvalue weighted by molar-refractivity contribution is 9.10. The van der Waals surface area contributed by atoms with Gasteiger partial charge in [0.2, 0.25) is 0 Å². The maximum Gasteiger partial charge on any atom is 0.277 e. The summed E-state index contributed by atoms with van der Waals surface area (Å²) in [6.07, 6.45) is 5.79. The smallest absolute Gasteiger partial charge is 0.199 e. The molecule has 21 heavy (non-hydrogen) atoms. The van der Waals surface area contributed by atoms with Crippen molar-refractivity contribution in [3.8, 4) is 0 Å². The molecule has 1 saturated carbocycles. The molecule has 0 spiro atoms. The van der Waals surface area contributed by atoms with Gasteiger partial charge in [0.15, 0.2) is 0 Å². The number of hydrogen-bond donors (Lipinski definition) is 2. The lowest BCUT2D eigenvalue weighted by Crippen LogP contribution is -2.45. The van der Waals surface area contributed by atoms with Crippen LogP contribution in [-0.4, -0.2) is 20.5 Å². The molecule has 0 heterocycles. The minimum Gasteiger partial charge on any atom is -0.199 e.